The molecule has 5 heteroatoms. The summed E-state index contributed by atoms with van der Waals surface area (Å²) < 4.78 is 10.8. The molecule has 5 nitrogen and oxygen atoms in total. The number of carbonyl (C=O) groups excluding carboxylic acids is 1. The summed E-state index contributed by atoms with van der Waals surface area (Å²) in [5.41, 5.74) is 8.71. The predicted octanol–water partition coefficient (Wildman–Crippen LogP) is 1.68. The van der Waals surface area contributed by atoms with Crippen molar-refractivity contribution >= 4 is 5.91 Å². The lowest BCUT2D eigenvalue weighted by atomic mass is 10.1. The molecule has 0 fully saturated rings. The molecule has 1 rings (SSSR count). The Morgan fingerprint density at radius 1 is 1.33 bits per heavy atom. The second-order valence-corrected chi connectivity index (χ2v) is 5.16. The van der Waals surface area contributed by atoms with E-state index >= 15 is 0 Å². The molecule has 1 atom stereocenters. The second-order valence-electron chi connectivity index (χ2n) is 5.16. The van der Waals surface area contributed by atoms with Crippen LogP contribution in [0.3, 0.4) is 0 Å². The quantitative estimate of drug-likeness (QED) is 0.715. The van der Waals surface area contributed by atoms with Crippen molar-refractivity contribution in [3.63, 3.8) is 0 Å². The maximum absolute atomic E-state index is 12.0. The van der Waals surface area contributed by atoms with Crippen LogP contribution in [0.4, 0.5) is 0 Å². The third-order valence-corrected chi connectivity index (χ3v) is 3.24. The minimum atomic E-state index is -0.534. The number of methoxy groups -OCH3 is 1. The van der Waals surface area contributed by atoms with Gasteiger partial charge in [-0.3, -0.25) is 4.79 Å². The van der Waals surface area contributed by atoms with Crippen molar-refractivity contribution in [1.82, 2.24) is 5.32 Å². The maximum Gasteiger partial charge on any atom is 0.260 e. The Balaban J connectivity index is 2.62. The van der Waals surface area contributed by atoms with Crippen LogP contribution in [-0.2, 0) is 16.1 Å². The minimum absolute atomic E-state index is 0.118. The first kappa shape index (κ1) is 17.5. The lowest BCUT2D eigenvalue weighted by molar-refractivity contribution is -0.127. The summed E-state index contributed by atoms with van der Waals surface area (Å²) in [5.74, 6) is 0.638. The van der Waals surface area contributed by atoms with E-state index in [2.05, 4.69) is 5.32 Å². The third kappa shape index (κ3) is 5.36. The van der Waals surface area contributed by atoms with Crippen molar-refractivity contribution in [1.29, 1.82) is 0 Å². The number of nitrogens with two attached hydrogens (primary N) is 1. The van der Waals surface area contributed by atoms with E-state index in [1.165, 1.54) is 0 Å². The molecule has 0 radical (unpaired) electrons. The molecule has 0 saturated carbocycles. The Morgan fingerprint density at radius 3 is 2.48 bits per heavy atom. The lowest BCUT2D eigenvalue weighted by Crippen LogP contribution is -2.37. The van der Waals surface area contributed by atoms with Gasteiger partial charge in [-0.05, 0) is 43.9 Å². The molecule has 1 amide bonds. The normalized spacial score (nSPS) is 12.0. The summed E-state index contributed by atoms with van der Waals surface area (Å²) in [6, 6.07) is 3.98. The van der Waals surface area contributed by atoms with Crippen molar-refractivity contribution in [2.45, 2.75) is 39.8 Å². The Bertz CT molecular complexity index is 452. The Kier molecular flexibility index (Phi) is 7.19. The Hall–Kier alpha value is -1.59. The van der Waals surface area contributed by atoms with E-state index in [0.29, 0.717) is 19.7 Å². The summed E-state index contributed by atoms with van der Waals surface area (Å²) in [4.78, 5) is 12.0. The maximum atomic E-state index is 12.0. The van der Waals surface area contributed by atoms with E-state index in [-0.39, 0.29) is 5.91 Å². The SMILES string of the molecule is COCCCNC(=O)C(C)Oc1c(C)cc(CN)cc1C. The van der Waals surface area contributed by atoms with Crippen LogP contribution in [-0.4, -0.2) is 32.3 Å². The first-order chi connectivity index (χ1) is 9.99. The number of hydrogen-bond donors (Lipinski definition) is 2. The lowest BCUT2D eigenvalue weighted by Gasteiger charge is -2.18. The van der Waals surface area contributed by atoms with E-state index in [0.717, 1.165) is 28.9 Å². The van der Waals surface area contributed by atoms with Crippen LogP contribution in [0, 0.1) is 13.8 Å². The summed E-state index contributed by atoms with van der Waals surface area (Å²) in [6.45, 7) is 7.40. The van der Waals surface area contributed by atoms with Gasteiger partial charge in [-0.25, -0.2) is 0 Å². The Labute approximate surface area is 126 Å². The standard InChI is InChI=1S/C16H26N2O3/c1-11-8-14(10-17)9-12(2)15(11)21-13(3)16(19)18-6-5-7-20-4/h8-9,13H,5-7,10,17H2,1-4H3,(H,18,19). The smallest absolute Gasteiger partial charge is 0.260 e. The van der Waals surface area contributed by atoms with Gasteiger partial charge in [0.2, 0.25) is 0 Å². The number of carbonyl (C=O) groups is 1. The number of aryl methyl sites for hydroxylation is 2. The summed E-state index contributed by atoms with van der Waals surface area (Å²) in [7, 11) is 1.64. The predicted molar refractivity (Wildman–Crippen MR) is 83.4 cm³/mol. The zero-order valence-electron chi connectivity index (χ0n) is 13.4. The highest BCUT2D eigenvalue weighted by Gasteiger charge is 2.16. The summed E-state index contributed by atoms with van der Waals surface area (Å²) in [5, 5.41) is 2.84. The van der Waals surface area contributed by atoms with E-state index in [1.807, 2.05) is 26.0 Å². The molecule has 3 N–H and O–H groups in total. The van der Waals surface area contributed by atoms with Crippen molar-refractivity contribution in [2.75, 3.05) is 20.3 Å². The highest BCUT2D eigenvalue weighted by atomic mass is 16.5. The van der Waals surface area contributed by atoms with Gasteiger partial charge in [-0.2, -0.15) is 0 Å². The van der Waals surface area contributed by atoms with Gasteiger partial charge >= 0.3 is 0 Å². The minimum Gasteiger partial charge on any atom is -0.480 e. The summed E-state index contributed by atoms with van der Waals surface area (Å²) in [6.07, 6.45) is 0.256. The highest BCUT2D eigenvalue weighted by molar-refractivity contribution is 5.80. The number of nitrogens with one attached hydrogen (secondary N) is 1. The van der Waals surface area contributed by atoms with Gasteiger partial charge in [0.25, 0.3) is 5.91 Å². The summed E-state index contributed by atoms with van der Waals surface area (Å²) >= 11 is 0. The molecule has 0 aliphatic rings. The first-order valence-corrected chi connectivity index (χ1v) is 7.23. The van der Waals surface area contributed by atoms with E-state index in [9.17, 15) is 4.79 Å². The van der Waals surface area contributed by atoms with Crippen LogP contribution in [0.1, 0.15) is 30.0 Å². The van der Waals surface area contributed by atoms with Crippen molar-refractivity contribution in [2.24, 2.45) is 5.73 Å². The molecule has 21 heavy (non-hydrogen) atoms. The topological polar surface area (TPSA) is 73.6 Å². The van der Waals surface area contributed by atoms with Gasteiger partial charge < -0.3 is 20.5 Å². The largest absolute Gasteiger partial charge is 0.480 e. The second kappa shape index (κ2) is 8.64. The molecule has 1 aromatic carbocycles. The van der Waals surface area contributed by atoms with E-state index in [1.54, 1.807) is 14.0 Å². The van der Waals surface area contributed by atoms with Crippen molar-refractivity contribution in [3.05, 3.63) is 28.8 Å². The molecular weight excluding hydrogens is 268 g/mol. The number of hydrogen-bond acceptors (Lipinski definition) is 4. The molecule has 0 aliphatic heterocycles. The molecule has 0 spiro atoms. The zero-order chi connectivity index (χ0) is 15.8. The van der Waals surface area contributed by atoms with Crippen LogP contribution < -0.4 is 15.8 Å². The molecule has 0 saturated heterocycles. The van der Waals surface area contributed by atoms with Gasteiger partial charge in [0, 0.05) is 26.8 Å². The van der Waals surface area contributed by atoms with Crippen LogP contribution in [0.15, 0.2) is 12.1 Å². The third-order valence-electron chi connectivity index (χ3n) is 3.24. The van der Waals surface area contributed by atoms with Gasteiger partial charge in [-0.1, -0.05) is 12.1 Å². The van der Waals surface area contributed by atoms with E-state index in [4.69, 9.17) is 15.2 Å². The average molecular weight is 294 g/mol. The molecule has 1 aromatic rings. The molecule has 118 valence electrons. The van der Waals surface area contributed by atoms with E-state index < -0.39 is 6.10 Å². The fraction of sp³-hybridized carbons (Fsp3) is 0.562. The molecule has 0 aromatic heterocycles. The van der Waals surface area contributed by atoms with Crippen LogP contribution in [0.25, 0.3) is 0 Å². The molecular formula is C16H26N2O3. The fourth-order valence-electron chi connectivity index (χ4n) is 2.15. The van der Waals surface area contributed by atoms with Crippen molar-refractivity contribution in [3.8, 4) is 5.75 Å². The fourth-order valence-corrected chi connectivity index (χ4v) is 2.15. The van der Waals surface area contributed by atoms with Gasteiger partial charge in [0.05, 0.1) is 0 Å². The highest BCUT2D eigenvalue weighted by Crippen LogP contribution is 2.25. The molecule has 0 bridgehead atoms. The van der Waals surface area contributed by atoms with Gasteiger partial charge in [-0.15, -0.1) is 0 Å². The monoisotopic (exact) mass is 294 g/mol. The number of ether oxygens (including phenoxy) is 2. The Morgan fingerprint density at radius 2 is 1.95 bits per heavy atom. The number of rotatable bonds is 8. The van der Waals surface area contributed by atoms with Gasteiger partial charge in [0.15, 0.2) is 6.10 Å². The van der Waals surface area contributed by atoms with Gasteiger partial charge in [0.1, 0.15) is 5.75 Å². The average Bonchev–Trinajstić information content (AvgIpc) is 2.46. The zero-order valence-corrected chi connectivity index (χ0v) is 13.4. The van der Waals surface area contributed by atoms with Crippen LogP contribution in [0.5, 0.6) is 5.75 Å². The molecule has 0 aliphatic carbocycles. The van der Waals surface area contributed by atoms with Crippen molar-refractivity contribution < 1.29 is 14.3 Å². The van der Waals surface area contributed by atoms with Crippen LogP contribution in [0.2, 0.25) is 0 Å². The molecule has 1 unspecified atom stereocenters. The first-order valence-electron chi connectivity index (χ1n) is 7.23. The van der Waals surface area contributed by atoms with Crippen LogP contribution >= 0.6 is 0 Å². The molecule has 0 heterocycles. The number of amides is 1. The number of benzene rings is 1.